The van der Waals surface area contributed by atoms with Crippen LogP contribution in [0.1, 0.15) is 71.1 Å². The molecule has 1 nitrogen and oxygen atoms in total. The van der Waals surface area contributed by atoms with Crippen molar-refractivity contribution in [3.05, 3.63) is 11.6 Å². The van der Waals surface area contributed by atoms with E-state index in [2.05, 4.69) is 13.0 Å². The lowest BCUT2D eigenvalue weighted by atomic mass is 9.74. The van der Waals surface area contributed by atoms with Crippen LogP contribution < -0.4 is 5.73 Å². The van der Waals surface area contributed by atoms with Crippen LogP contribution in [0.5, 0.6) is 0 Å². The molecule has 1 heteroatoms. The first-order chi connectivity index (χ1) is 8.31. The van der Waals surface area contributed by atoms with E-state index in [1.54, 1.807) is 5.57 Å². The minimum Gasteiger partial charge on any atom is -0.324 e. The Labute approximate surface area is 107 Å². The molecule has 0 saturated heterocycles. The molecule has 0 bridgehead atoms. The first kappa shape index (κ1) is 13.1. The maximum Gasteiger partial charge on any atom is 0.0282 e. The highest BCUT2D eigenvalue weighted by Gasteiger charge is 2.27. The minimum absolute atomic E-state index is 0.387. The molecule has 2 aliphatic carbocycles. The van der Waals surface area contributed by atoms with Gasteiger partial charge in [-0.2, -0.15) is 0 Å². The van der Waals surface area contributed by atoms with Crippen molar-refractivity contribution in [3.8, 4) is 0 Å². The van der Waals surface area contributed by atoms with Crippen molar-refractivity contribution in [3.63, 3.8) is 0 Å². The van der Waals surface area contributed by atoms with E-state index in [4.69, 9.17) is 5.73 Å². The summed E-state index contributed by atoms with van der Waals surface area (Å²) in [4.78, 5) is 0. The maximum atomic E-state index is 6.47. The van der Waals surface area contributed by atoms with E-state index in [1.807, 2.05) is 0 Å². The van der Waals surface area contributed by atoms with Crippen LogP contribution in [0, 0.1) is 11.8 Å². The van der Waals surface area contributed by atoms with Crippen LogP contribution in [0.15, 0.2) is 11.6 Å². The Morgan fingerprint density at radius 2 is 2.00 bits per heavy atom. The van der Waals surface area contributed by atoms with Gasteiger partial charge in [-0.25, -0.2) is 0 Å². The van der Waals surface area contributed by atoms with Gasteiger partial charge in [0.05, 0.1) is 0 Å². The van der Waals surface area contributed by atoms with Crippen molar-refractivity contribution >= 4 is 0 Å². The van der Waals surface area contributed by atoms with E-state index in [-0.39, 0.29) is 0 Å². The lowest BCUT2D eigenvalue weighted by Gasteiger charge is -2.34. The van der Waals surface area contributed by atoms with Crippen molar-refractivity contribution in [2.45, 2.75) is 77.2 Å². The number of nitrogens with two attached hydrogens (primary N) is 1. The van der Waals surface area contributed by atoms with E-state index >= 15 is 0 Å². The monoisotopic (exact) mass is 235 g/mol. The largest absolute Gasteiger partial charge is 0.324 e. The third kappa shape index (κ3) is 3.58. The van der Waals surface area contributed by atoms with Crippen LogP contribution in [0.3, 0.4) is 0 Å². The SMILES string of the molecule is CCCC1CCC(C(N)C2=CCCCC2)CC1. The van der Waals surface area contributed by atoms with Crippen molar-refractivity contribution in [2.24, 2.45) is 17.6 Å². The zero-order valence-corrected chi connectivity index (χ0v) is 11.5. The molecule has 1 saturated carbocycles. The van der Waals surface area contributed by atoms with E-state index in [0.29, 0.717) is 6.04 Å². The Morgan fingerprint density at radius 3 is 2.59 bits per heavy atom. The summed E-state index contributed by atoms with van der Waals surface area (Å²) >= 11 is 0. The summed E-state index contributed by atoms with van der Waals surface area (Å²) in [6.07, 6.45) is 16.1. The molecule has 2 rings (SSSR count). The number of rotatable bonds is 4. The molecule has 0 heterocycles. The molecule has 0 aromatic carbocycles. The average molecular weight is 235 g/mol. The lowest BCUT2D eigenvalue weighted by molar-refractivity contribution is 0.242. The molecule has 0 spiro atoms. The van der Waals surface area contributed by atoms with E-state index in [9.17, 15) is 0 Å². The zero-order valence-electron chi connectivity index (χ0n) is 11.5. The molecule has 17 heavy (non-hydrogen) atoms. The second-order valence-electron chi connectivity index (χ2n) is 6.12. The van der Waals surface area contributed by atoms with Crippen LogP contribution in [0.2, 0.25) is 0 Å². The van der Waals surface area contributed by atoms with Crippen molar-refractivity contribution in [2.75, 3.05) is 0 Å². The van der Waals surface area contributed by atoms with Gasteiger partial charge in [0.2, 0.25) is 0 Å². The van der Waals surface area contributed by atoms with Gasteiger partial charge in [0.25, 0.3) is 0 Å². The predicted molar refractivity (Wildman–Crippen MR) is 74.9 cm³/mol. The molecule has 0 radical (unpaired) electrons. The van der Waals surface area contributed by atoms with Gasteiger partial charge < -0.3 is 5.73 Å². The van der Waals surface area contributed by atoms with Crippen LogP contribution in [0.25, 0.3) is 0 Å². The van der Waals surface area contributed by atoms with Gasteiger partial charge in [0, 0.05) is 6.04 Å². The normalized spacial score (nSPS) is 32.0. The fourth-order valence-corrected chi connectivity index (χ4v) is 3.71. The Morgan fingerprint density at radius 1 is 1.24 bits per heavy atom. The summed E-state index contributed by atoms with van der Waals surface area (Å²) in [7, 11) is 0. The second kappa shape index (κ2) is 6.58. The Bertz CT molecular complexity index is 248. The van der Waals surface area contributed by atoms with Crippen LogP contribution in [0.4, 0.5) is 0 Å². The fraction of sp³-hybridized carbons (Fsp3) is 0.875. The molecule has 0 aromatic heterocycles. The lowest BCUT2D eigenvalue weighted by Crippen LogP contribution is -2.35. The molecule has 0 amide bonds. The highest BCUT2D eigenvalue weighted by Crippen LogP contribution is 2.35. The van der Waals surface area contributed by atoms with Crippen molar-refractivity contribution in [1.29, 1.82) is 0 Å². The molecule has 0 aliphatic heterocycles. The first-order valence-electron chi connectivity index (χ1n) is 7.75. The van der Waals surface area contributed by atoms with Gasteiger partial charge in [-0.05, 0) is 50.4 Å². The second-order valence-corrected chi connectivity index (χ2v) is 6.12. The molecular weight excluding hydrogens is 206 g/mol. The molecule has 0 aromatic rings. The van der Waals surface area contributed by atoms with Crippen molar-refractivity contribution < 1.29 is 0 Å². The quantitative estimate of drug-likeness (QED) is 0.717. The summed E-state index contributed by atoms with van der Waals surface area (Å²) in [6.45, 7) is 2.31. The zero-order chi connectivity index (χ0) is 12.1. The Kier molecular flexibility index (Phi) is 5.09. The molecule has 1 atom stereocenters. The van der Waals surface area contributed by atoms with Crippen LogP contribution in [-0.2, 0) is 0 Å². The minimum atomic E-state index is 0.387. The first-order valence-corrected chi connectivity index (χ1v) is 7.75. The standard InChI is InChI=1S/C16H29N/c1-2-6-13-9-11-15(12-10-13)16(17)14-7-4-3-5-8-14/h7,13,15-16H,2-6,8-12,17H2,1H3. The van der Waals surface area contributed by atoms with Gasteiger partial charge in [0.15, 0.2) is 0 Å². The third-order valence-corrected chi connectivity index (χ3v) is 4.85. The predicted octanol–water partition coefficient (Wildman–Crippen LogP) is 4.42. The van der Waals surface area contributed by atoms with Gasteiger partial charge in [-0.3, -0.25) is 0 Å². The highest BCUT2D eigenvalue weighted by atomic mass is 14.7. The molecule has 1 fully saturated rings. The average Bonchev–Trinajstić information content (AvgIpc) is 2.40. The topological polar surface area (TPSA) is 26.0 Å². The number of hydrogen-bond acceptors (Lipinski definition) is 1. The fourth-order valence-electron chi connectivity index (χ4n) is 3.71. The summed E-state index contributed by atoms with van der Waals surface area (Å²) in [5.74, 6) is 1.79. The molecule has 2 N–H and O–H groups in total. The molecule has 1 unspecified atom stereocenters. The van der Waals surface area contributed by atoms with Crippen LogP contribution in [-0.4, -0.2) is 6.04 Å². The third-order valence-electron chi connectivity index (χ3n) is 4.85. The molecular formula is C16H29N. The van der Waals surface area contributed by atoms with Gasteiger partial charge in [-0.15, -0.1) is 0 Å². The maximum absolute atomic E-state index is 6.47. The summed E-state index contributed by atoms with van der Waals surface area (Å²) in [5.41, 5.74) is 8.05. The summed E-state index contributed by atoms with van der Waals surface area (Å²) in [5, 5.41) is 0. The van der Waals surface area contributed by atoms with E-state index < -0.39 is 0 Å². The number of hydrogen-bond donors (Lipinski definition) is 1. The molecule has 2 aliphatic rings. The van der Waals surface area contributed by atoms with Gasteiger partial charge in [-0.1, -0.05) is 44.3 Å². The summed E-state index contributed by atoms with van der Waals surface area (Å²) < 4.78 is 0. The Balaban J connectivity index is 1.81. The smallest absolute Gasteiger partial charge is 0.0282 e. The van der Waals surface area contributed by atoms with Crippen LogP contribution >= 0.6 is 0 Å². The van der Waals surface area contributed by atoms with Gasteiger partial charge in [0.1, 0.15) is 0 Å². The van der Waals surface area contributed by atoms with Crippen molar-refractivity contribution in [1.82, 2.24) is 0 Å². The van der Waals surface area contributed by atoms with Gasteiger partial charge >= 0.3 is 0 Å². The van der Waals surface area contributed by atoms with E-state index in [1.165, 1.54) is 64.2 Å². The highest BCUT2D eigenvalue weighted by molar-refractivity contribution is 5.14. The molecule has 98 valence electrons. The van der Waals surface area contributed by atoms with E-state index in [0.717, 1.165) is 11.8 Å². The number of allylic oxidation sites excluding steroid dienone is 1. The summed E-state index contributed by atoms with van der Waals surface area (Å²) in [6, 6.07) is 0.387. The Hall–Kier alpha value is -0.300.